The molecule has 1 fully saturated rings. The zero-order chi connectivity index (χ0) is 20.3. The van der Waals surface area contributed by atoms with E-state index in [0.29, 0.717) is 27.3 Å². The van der Waals surface area contributed by atoms with Gasteiger partial charge in [-0.15, -0.1) is 6.58 Å². The van der Waals surface area contributed by atoms with Crippen molar-refractivity contribution in [2.45, 2.75) is 6.61 Å². The number of carbonyl (C=O) groups is 2. The number of hydrogen-bond acceptors (Lipinski definition) is 4. The molecule has 0 saturated carbocycles. The summed E-state index contributed by atoms with van der Waals surface area (Å²) < 4.78 is 6.74. The number of imide groups is 1. The summed E-state index contributed by atoms with van der Waals surface area (Å²) in [5, 5.41) is 0.701. The van der Waals surface area contributed by atoms with Crippen LogP contribution in [0.5, 0.6) is 5.75 Å². The van der Waals surface area contributed by atoms with E-state index in [1.54, 1.807) is 18.2 Å². The molecule has 0 radical (unpaired) electrons. The van der Waals surface area contributed by atoms with Gasteiger partial charge in [-0.1, -0.05) is 41.4 Å². The molecule has 2 aromatic rings. The number of carbonyl (C=O) groups excluding carboxylic acids is 2. The first kappa shape index (κ1) is 21.2. The van der Waals surface area contributed by atoms with Crippen molar-refractivity contribution < 1.29 is 14.3 Å². The Labute approximate surface area is 190 Å². The third kappa shape index (κ3) is 4.92. The van der Waals surface area contributed by atoms with Crippen molar-refractivity contribution in [2.75, 3.05) is 6.54 Å². The average Bonchev–Trinajstić information content (AvgIpc) is 2.91. The largest absolute Gasteiger partial charge is 0.488 e. The fourth-order valence-corrected chi connectivity index (χ4v) is 4.32. The Morgan fingerprint density at radius 3 is 2.61 bits per heavy atom. The third-order valence-electron chi connectivity index (χ3n) is 3.82. The summed E-state index contributed by atoms with van der Waals surface area (Å²) in [5.41, 5.74) is 1.72. The predicted molar refractivity (Wildman–Crippen MR) is 123 cm³/mol. The highest BCUT2D eigenvalue weighted by Gasteiger charge is 2.34. The molecule has 4 nitrogen and oxygen atoms in total. The maximum Gasteiger partial charge on any atom is 0.293 e. The first-order chi connectivity index (χ1) is 13.4. The molecule has 2 amide bonds. The van der Waals surface area contributed by atoms with E-state index < -0.39 is 0 Å². The fourth-order valence-electron chi connectivity index (χ4n) is 2.45. The molecular weight excluding hydrogens is 532 g/mol. The maximum absolute atomic E-state index is 12.3. The first-order valence-electron chi connectivity index (χ1n) is 8.11. The van der Waals surface area contributed by atoms with Gasteiger partial charge in [-0.25, -0.2) is 0 Å². The van der Waals surface area contributed by atoms with Gasteiger partial charge in [0.25, 0.3) is 11.1 Å². The summed E-state index contributed by atoms with van der Waals surface area (Å²) in [6.07, 6.45) is 3.24. The van der Waals surface area contributed by atoms with Crippen LogP contribution in [0, 0.1) is 3.57 Å². The van der Waals surface area contributed by atoms with Crippen LogP contribution in [-0.2, 0) is 11.4 Å². The van der Waals surface area contributed by atoms with Gasteiger partial charge >= 0.3 is 0 Å². The van der Waals surface area contributed by atoms with Crippen molar-refractivity contribution in [1.82, 2.24) is 4.90 Å². The lowest BCUT2D eigenvalue weighted by Crippen LogP contribution is -2.27. The predicted octanol–water partition coefficient (Wildman–Crippen LogP) is 6.40. The van der Waals surface area contributed by atoms with Crippen LogP contribution in [0.2, 0.25) is 10.0 Å². The second kappa shape index (κ2) is 9.35. The Balaban J connectivity index is 1.72. The van der Waals surface area contributed by atoms with Gasteiger partial charge in [0.15, 0.2) is 0 Å². The van der Waals surface area contributed by atoms with Gasteiger partial charge in [-0.2, -0.15) is 0 Å². The third-order valence-corrected chi connectivity index (χ3v) is 6.31. The van der Waals surface area contributed by atoms with Crippen LogP contribution in [0.4, 0.5) is 4.79 Å². The minimum atomic E-state index is -0.301. The van der Waals surface area contributed by atoms with E-state index in [1.165, 1.54) is 11.0 Å². The van der Waals surface area contributed by atoms with Crippen molar-refractivity contribution in [3.8, 4) is 5.75 Å². The molecule has 1 saturated heterocycles. The van der Waals surface area contributed by atoms with Crippen molar-refractivity contribution in [2.24, 2.45) is 0 Å². The van der Waals surface area contributed by atoms with Gasteiger partial charge in [-0.3, -0.25) is 14.5 Å². The first-order valence-corrected chi connectivity index (χ1v) is 10.8. The summed E-state index contributed by atoms with van der Waals surface area (Å²) in [4.78, 5) is 25.8. The highest BCUT2D eigenvalue weighted by molar-refractivity contribution is 14.1. The molecule has 1 aliphatic heterocycles. The normalized spacial score (nSPS) is 15.4. The Kier molecular flexibility index (Phi) is 7.09. The number of hydrogen-bond donors (Lipinski definition) is 0. The second-order valence-electron chi connectivity index (χ2n) is 5.81. The Hall–Kier alpha value is -1.48. The van der Waals surface area contributed by atoms with Crippen LogP contribution in [0.1, 0.15) is 11.1 Å². The smallest absolute Gasteiger partial charge is 0.293 e. The van der Waals surface area contributed by atoms with Crippen molar-refractivity contribution in [3.63, 3.8) is 0 Å². The molecule has 0 N–H and O–H groups in total. The second-order valence-corrected chi connectivity index (χ2v) is 8.78. The quantitative estimate of drug-likeness (QED) is 0.239. The molecule has 0 unspecified atom stereocenters. The van der Waals surface area contributed by atoms with E-state index in [4.69, 9.17) is 27.9 Å². The lowest BCUT2D eigenvalue weighted by atomic mass is 10.2. The van der Waals surface area contributed by atoms with E-state index in [0.717, 1.165) is 26.5 Å². The Bertz CT molecular complexity index is 993. The highest BCUT2D eigenvalue weighted by atomic mass is 127. The number of amides is 2. The summed E-state index contributed by atoms with van der Waals surface area (Å²) in [6.45, 7) is 4.13. The SMILES string of the molecule is C=CCN1C(=O)S/C(=C/c2ccc(OCc3ccc(Cl)c(Cl)c3)c(I)c2)C1=O. The Morgan fingerprint density at radius 1 is 1.14 bits per heavy atom. The monoisotopic (exact) mass is 545 g/mol. The molecule has 1 heterocycles. The number of thioether (sulfide) groups is 1. The van der Waals surface area contributed by atoms with Crippen molar-refractivity contribution in [1.29, 1.82) is 0 Å². The van der Waals surface area contributed by atoms with E-state index in [1.807, 2.05) is 24.3 Å². The summed E-state index contributed by atoms with van der Waals surface area (Å²) >= 11 is 15.0. The number of benzene rings is 2. The van der Waals surface area contributed by atoms with Crippen LogP contribution >= 0.6 is 57.6 Å². The number of ether oxygens (including phenoxy) is 1. The molecule has 3 rings (SSSR count). The zero-order valence-electron chi connectivity index (χ0n) is 14.5. The van der Waals surface area contributed by atoms with E-state index in [2.05, 4.69) is 29.2 Å². The average molecular weight is 546 g/mol. The number of nitrogens with zero attached hydrogens (tertiary/aromatic N) is 1. The molecule has 0 aliphatic carbocycles. The van der Waals surface area contributed by atoms with E-state index in [-0.39, 0.29) is 17.7 Å². The van der Waals surface area contributed by atoms with E-state index in [9.17, 15) is 9.59 Å². The van der Waals surface area contributed by atoms with Crippen molar-refractivity contribution >= 4 is 74.8 Å². The van der Waals surface area contributed by atoms with Gasteiger partial charge in [0, 0.05) is 6.54 Å². The molecule has 8 heteroatoms. The van der Waals surface area contributed by atoms with Crippen LogP contribution in [0.25, 0.3) is 6.08 Å². The van der Waals surface area contributed by atoms with Gasteiger partial charge in [0.05, 0.1) is 18.5 Å². The lowest BCUT2D eigenvalue weighted by molar-refractivity contribution is -0.122. The molecule has 1 aliphatic rings. The van der Waals surface area contributed by atoms with Crippen LogP contribution in [0.3, 0.4) is 0 Å². The molecule has 0 spiro atoms. The maximum atomic E-state index is 12.3. The van der Waals surface area contributed by atoms with Crippen LogP contribution < -0.4 is 4.74 Å². The number of halogens is 3. The standard InChI is InChI=1S/C20H14Cl2INO3S/c1-2-7-24-19(25)18(28-20(24)26)10-12-4-6-17(16(23)9-12)27-11-13-3-5-14(21)15(22)8-13/h2-6,8-10H,1,7,11H2/b18-10+. The van der Waals surface area contributed by atoms with Crippen LogP contribution in [0.15, 0.2) is 54.0 Å². The number of rotatable bonds is 6. The summed E-state index contributed by atoms with van der Waals surface area (Å²) in [5.74, 6) is 0.411. The molecular formula is C20H14Cl2INO3S. The van der Waals surface area contributed by atoms with Gasteiger partial charge < -0.3 is 4.74 Å². The zero-order valence-corrected chi connectivity index (χ0v) is 18.9. The molecule has 2 aromatic carbocycles. The minimum Gasteiger partial charge on any atom is -0.488 e. The van der Waals surface area contributed by atoms with Crippen LogP contribution in [-0.4, -0.2) is 22.6 Å². The van der Waals surface area contributed by atoms with E-state index >= 15 is 0 Å². The molecule has 28 heavy (non-hydrogen) atoms. The molecule has 0 atom stereocenters. The Morgan fingerprint density at radius 2 is 1.93 bits per heavy atom. The summed E-state index contributed by atoms with van der Waals surface area (Å²) in [6, 6.07) is 10.9. The van der Waals surface area contributed by atoms with Crippen molar-refractivity contribution in [3.05, 3.63) is 78.7 Å². The lowest BCUT2D eigenvalue weighted by Gasteiger charge is -2.10. The van der Waals surface area contributed by atoms with Gasteiger partial charge in [0.1, 0.15) is 12.4 Å². The minimum absolute atomic E-state index is 0.209. The molecule has 0 aromatic heterocycles. The molecule has 0 bridgehead atoms. The fraction of sp³-hybridized carbons (Fsp3) is 0.100. The van der Waals surface area contributed by atoms with Gasteiger partial charge in [-0.05, 0) is 75.8 Å². The topological polar surface area (TPSA) is 46.6 Å². The highest BCUT2D eigenvalue weighted by Crippen LogP contribution is 2.33. The van der Waals surface area contributed by atoms with Gasteiger partial charge in [0.2, 0.25) is 0 Å². The molecule has 144 valence electrons. The summed E-state index contributed by atoms with van der Waals surface area (Å²) in [7, 11) is 0.